The second-order valence-corrected chi connectivity index (χ2v) is 4.18. The van der Waals surface area contributed by atoms with Gasteiger partial charge >= 0.3 is 0 Å². The van der Waals surface area contributed by atoms with E-state index in [9.17, 15) is 4.79 Å². The lowest BCUT2D eigenvalue weighted by Crippen LogP contribution is -2.37. The Morgan fingerprint density at radius 3 is 2.94 bits per heavy atom. The first-order valence-corrected chi connectivity index (χ1v) is 5.66. The van der Waals surface area contributed by atoms with Gasteiger partial charge in [0, 0.05) is 0 Å². The quantitative estimate of drug-likeness (QED) is 0.805. The Bertz CT molecular complexity index is 451. The Hall–Kier alpha value is -1.66. The molecule has 0 radical (unpaired) electrons. The summed E-state index contributed by atoms with van der Waals surface area (Å²) in [5, 5.41) is 6.24. The molecule has 0 heterocycles. The van der Waals surface area contributed by atoms with E-state index in [2.05, 4.69) is 16.6 Å². The first kappa shape index (κ1) is 13.4. The highest BCUT2D eigenvalue weighted by Gasteiger charge is 2.12. The topological polar surface area (TPSA) is 41.1 Å². The third kappa shape index (κ3) is 4.01. The van der Waals surface area contributed by atoms with Crippen molar-refractivity contribution in [1.29, 1.82) is 0 Å². The zero-order chi connectivity index (χ0) is 12.8. The number of nitrogens with one attached hydrogen (secondary N) is 2. The molecule has 0 saturated heterocycles. The smallest absolute Gasteiger partial charge is 0.242 e. The van der Waals surface area contributed by atoms with Crippen LogP contribution in [0.15, 0.2) is 18.2 Å². The maximum absolute atomic E-state index is 11.6. The normalized spacial score (nSPS) is 11.4. The number of amides is 1. The zero-order valence-electron chi connectivity index (χ0n) is 9.88. The van der Waals surface area contributed by atoms with Crippen molar-refractivity contribution < 1.29 is 4.79 Å². The van der Waals surface area contributed by atoms with Crippen molar-refractivity contribution in [3.8, 4) is 12.3 Å². The van der Waals surface area contributed by atoms with Crippen molar-refractivity contribution in [2.75, 3.05) is 11.9 Å². The molecular formula is C13H15ClN2O. The summed E-state index contributed by atoms with van der Waals surface area (Å²) in [5.74, 6) is 2.20. The summed E-state index contributed by atoms with van der Waals surface area (Å²) in [6, 6.07) is 5.22. The molecule has 2 N–H and O–H groups in total. The summed E-state index contributed by atoms with van der Waals surface area (Å²) in [4.78, 5) is 11.6. The molecule has 0 aliphatic carbocycles. The van der Waals surface area contributed by atoms with Gasteiger partial charge in [0.25, 0.3) is 0 Å². The molecule has 1 aromatic carbocycles. The molecule has 0 fully saturated rings. The van der Waals surface area contributed by atoms with Gasteiger partial charge in [-0.25, -0.2) is 0 Å². The monoisotopic (exact) mass is 250 g/mol. The van der Waals surface area contributed by atoms with E-state index in [0.29, 0.717) is 5.02 Å². The summed E-state index contributed by atoms with van der Waals surface area (Å²) < 4.78 is 0. The van der Waals surface area contributed by atoms with Crippen LogP contribution in [-0.4, -0.2) is 18.5 Å². The van der Waals surface area contributed by atoms with Crippen LogP contribution in [0, 0.1) is 19.3 Å². The summed E-state index contributed by atoms with van der Waals surface area (Å²) in [6.07, 6.45) is 5.07. The highest BCUT2D eigenvalue weighted by Crippen LogP contribution is 2.23. The van der Waals surface area contributed by atoms with Gasteiger partial charge in [-0.2, -0.15) is 0 Å². The van der Waals surface area contributed by atoms with Crippen LogP contribution in [0.1, 0.15) is 12.5 Å². The molecule has 17 heavy (non-hydrogen) atoms. The fourth-order valence-electron chi connectivity index (χ4n) is 1.34. The predicted octanol–water partition coefficient (Wildman–Crippen LogP) is 2.20. The molecule has 1 atom stereocenters. The van der Waals surface area contributed by atoms with E-state index in [0.717, 1.165) is 11.3 Å². The molecule has 0 saturated carbocycles. The second kappa shape index (κ2) is 6.17. The molecule has 3 nitrogen and oxygen atoms in total. The third-order valence-electron chi connectivity index (χ3n) is 2.25. The number of anilines is 1. The number of hydrogen-bond donors (Lipinski definition) is 2. The standard InChI is InChI=1S/C13H15ClN2O/c1-4-7-15-13(17)10(3)16-12-8-9(2)5-6-11(12)14/h1,5-6,8,10,16H,7H2,2-3H3,(H,15,17). The molecule has 4 heteroatoms. The summed E-state index contributed by atoms with van der Waals surface area (Å²) >= 11 is 6.02. The Balaban J connectivity index is 2.67. The number of hydrogen-bond acceptors (Lipinski definition) is 2. The number of terminal acetylenes is 1. The fourth-order valence-corrected chi connectivity index (χ4v) is 1.51. The molecular weight excluding hydrogens is 236 g/mol. The lowest BCUT2D eigenvalue weighted by Gasteiger charge is -2.15. The largest absolute Gasteiger partial charge is 0.373 e. The molecule has 1 rings (SSSR count). The fraction of sp³-hybridized carbons (Fsp3) is 0.308. The van der Waals surface area contributed by atoms with Crippen LogP contribution in [0.25, 0.3) is 0 Å². The van der Waals surface area contributed by atoms with Gasteiger partial charge in [-0.05, 0) is 31.5 Å². The Labute approximate surface area is 107 Å². The molecule has 0 bridgehead atoms. The van der Waals surface area contributed by atoms with Crippen LogP contribution in [0.5, 0.6) is 0 Å². The van der Waals surface area contributed by atoms with Gasteiger partial charge < -0.3 is 10.6 Å². The number of carbonyl (C=O) groups excluding carboxylic acids is 1. The summed E-state index contributed by atoms with van der Waals surface area (Å²) in [7, 11) is 0. The lowest BCUT2D eigenvalue weighted by molar-refractivity contribution is -0.121. The van der Waals surface area contributed by atoms with Gasteiger partial charge in [0.05, 0.1) is 17.3 Å². The molecule has 1 amide bonds. The van der Waals surface area contributed by atoms with Crippen LogP contribution in [0.4, 0.5) is 5.69 Å². The number of carbonyl (C=O) groups is 1. The van der Waals surface area contributed by atoms with Crippen LogP contribution < -0.4 is 10.6 Å². The maximum Gasteiger partial charge on any atom is 0.242 e. The van der Waals surface area contributed by atoms with Gasteiger partial charge in [0.2, 0.25) is 5.91 Å². The third-order valence-corrected chi connectivity index (χ3v) is 2.58. The highest BCUT2D eigenvalue weighted by atomic mass is 35.5. The van der Waals surface area contributed by atoms with Crippen molar-refractivity contribution >= 4 is 23.2 Å². The maximum atomic E-state index is 11.6. The van der Waals surface area contributed by atoms with Gasteiger partial charge in [-0.15, -0.1) is 6.42 Å². The van der Waals surface area contributed by atoms with Gasteiger partial charge in [-0.3, -0.25) is 4.79 Å². The molecule has 0 aliphatic heterocycles. The number of rotatable bonds is 4. The van der Waals surface area contributed by atoms with E-state index in [4.69, 9.17) is 18.0 Å². The molecule has 0 spiro atoms. The Morgan fingerprint density at radius 2 is 2.29 bits per heavy atom. The van der Waals surface area contributed by atoms with E-state index >= 15 is 0 Å². The van der Waals surface area contributed by atoms with Crippen LogP contribution in [0.2, 0.25) is 5.02 Å². The SMILES string of the molecule is C#CCNC(=O)C(C)Nc1cc(C)ccc1Cl. The Kier molecular flexibility index (Phi) is 4.86. The van der Waals surface area contributed by atoms with E-state index in [1.165, 1.54) is 0 Å². The summed E-state index contributed by atoms with van der Waals surface area (Å²) in [6.45, 7) is 3.95. The lowest BCUT2D eigenvalue weighted by atomic mass is 10.2. The van der Waals surface area contributed by atoms with E-state index in [-0.39, 0.29) is 18.5 Å². The van der Waals surface area contributed by atoms with E-state index < -0.39 is 0 Å². The van der Waals surface area contributed by atoms with Crippen molar-refractivity contribution in [3.05, 3.63) is 28.8 Å². The van der Waals surface area contributed by atoms with Crippen molar-refractivity contribution in [2.45, 2.75) is 19.9 Å². The summed E-state index contributed by atoms with van der Waals surface area (Å²) in [5.41, 5.74) is 1.82. The number of benzene rings is 1. The van der Waals surface area contributed by atoms with Crippen molar-refractivity contribution in [3.63, 3.8) is 0 Å². The minimum atomic E-state index is -0.386. The van der Waals surface area contributed by atoms with Crippen molar-refractivity contribution in [1.82, 2.24) is 5.32 Å². The zero-order valence-corrected chi connectivity index (χ0v) is 10.6. The average Bonchev–Trinajstić information content (AvgIpc) is 2.30. The van der Waals surface area contributed by atoms with Crippen LogP contribution in [0.3, 0.4) is 0 Å². The Morgan fingerprint density at radius 1 is 1.59 bits per heavy atom. The van der Waals surface area contributed by atoms with Gasteiger partial charge in [0.15, 0.2) is 0 Å². The van der Waals surface area contributed by atoms with Gasteiger partial charge in [0.1, 0.15) is 6.04 Å². The molecule has 90 valence electrons. The molecule has 1 unspecified atom stereocenters. The minimum Gasteiger partial charge on any atom is -0.373 e. The van der Waals surface area contributed by atoms with Crippen molar-refractivity contribution in [2.24, 2.45) is 0 Å². The minimum absolute atomic E-state index is 0.152. The number of aryl methyl sites for hydroxylation is 1. The van der Waals surface area contributed by atoms with Crippen LogP contribution >= 0.6 is 11.6 Å². The molecule has 0 aromatic heterocycles. The van der Waals surface area contributed by atoms with E-state index in [1.807, 2.05) is 19.1 Å². The molecule has 1 aromatic rings. The first-order valence-electron chi connectivity index (χ1n) is 5.28. The number of halogens is 1. The molecule has 0 aliphatic rings. The van der Waals surface area contributed by atoms with Gasteiger partial charge in [-0.1, -0.05) is 23.6 Å². The first-order chi connectivity index (χ1) is 8.04. The second-order valence-electron chi connectivity index (χ2n) is 3.77. The highest BCUT2D eigenvalue weighted by molar-refractivity contribution is 6.33. The predicted molar refractivity (Wildman–Crippen MR) is 71.1 cm³/mol. The average molecular weight is 251 g/mol. The van der Waals surface area contributed by atoms with Crippen LogP contribution in [-0.2, 0) is 4.79 Å². The van der Waals surface area contributed by atoms with E-state index in [1.54, 1.807) is 13.0 Å².